The molecule has 0 atom stereocenters. The van der Waals surface area contributed by atoms with Crippen molar-refractivity contribution in [1.82, 2.24) is 4.98 Å². The first kappa shape index (κ1) is 23.9. The van der Waals surface area contributed by atoms with E-state index in [4.69, 9.17) is 12.2 Å². The number of thiocarbonyl (C=S) groups is 1. The van der Waals surface area contributed by atoms with Crippen LogP contribution in [0.1, 0.15) is 22.8 Å². The third-order valence-electron chi connectivity index (χ3n) is 4.80. The van der Waals surface area contributed by atoms with Crippen molar-refractivity contribution in [3.05, 3.63) is 77.9 Å². The lowest BCUT2D eigenvalue weighted by atomic mass is 10.1. The van der Waals surface area contributed by atoms with Gasteiger partial charge in [-0.2, -0.15) is 0 Å². The first-order chi connectivity index (χ1) is 16.4. The van der Waals surface area contributed by atoms with Gasteiger partial charge in [0.05, 0.1) is 16.0 Å². The van der Waals surface area contributed by atoms with E-state index in [9.17, 15) is 9.59 Å². The molecule has 34 heavy (non-hydrogen) atoms. The van der Waals surface area contributed by atoms with E-state index in [0.717, 1.165) is 26.5 Å². The Labute approximate surface area is 211 Å². The highest BCUT2D eigenvalue weighted by atomic mass is 32.2. The number of ketones is 1. The van der Waals surface area contributed by atoms with Gasteiger partial charge in [0.25, 0.3) is 0 Å². The summed E-state index contributed by atoms with van der Waals surface area (Å²) in [6.45, 7) is 3.57. The van der Waals surface area contributed by atoms with E-state index >= 15 is 0 Å². The molecule has 172 valence electrons. The molecule has 0 fully saturated rings. The molecule has 4 rings (SSSR count). The van der Waals surface area contributed by atoms with E-state index in [-0.39, 0.29) is 17.4 Å². The Morgan fingerprint density at radius 2 is 1.74 bits per heavy atom. The first-order valence-corrected chi connectivity index (χ1v) is 12.7. The van der Waals surface area contributed by atoms with Crippen molar-refractivity contribution in [2.45, 2.75) is 18.7 Å². The molecule has 4 aromatic rings. The molecule has 0 spiro atoms. The van der Waals surface area contributed by atoms with Crippen LogP contribution in [0.2, 0.25) is 0 Å². The second kappa shape index (κ2) is 10.8. The van der Waals surface area contributed by atoms with Crippen molar-refractivity contribution in [2.75, 3.05) is 21.7 Å². The monoisotopic (exact) mass is 506 g/mol. The number of hydrogen-bond acceptors (Lipinski definition) is 6. The fourth-order valence-corrected chi connectivity index (χ4v) is 5.11. The first-order valence-electron chi connectivity index (χ1n) is 10.4. The molecule has 3 N–H and O–H groups in total. The number of carbonyl (C=O) groups excluding carboxylic acids is 2. The minimum absolute atomic E-state index is 0.0189. The van der Waals surface area contributed by atoms with Gasteiger partial charge in [-0.3, -0.25) is 9.59 Å². The Bertz CT molecular complexity index is 1370. The molecule has 1 amide bonds. The van der Waals surface area contributed by atoms with Crippen LogP contribution in [0.3, 0.4) is 0 Å². The molecule has 0 aliphatic rings. The number of aromatic nitrogens is 1. The summed E-state index contributed by atoms with van der Waals surface area (Å²) < 4.78 is 1.06. The van der Waals surface area contributed by atoms with E-state index < -0.39 is 0 Å². The number of fused-ring (bicyclic) bond motifs is 1. The summed E-state index contributed by atoms with van der Waals surface area (Å²) in [4.78, 5) is 29.2. The van der Waals surface area contributed by atoms with E-state index in [2.05, 4.69) is 27.0 Å². The Morgan fingerprint density at radius 1 is 0.971 bits per heavy atom. The van der Waals surface area contributed by atoms with Crippen LogP contribution < -0.4 is 16.0 Å². The highest BCUT2D eigenvalue weighted by molar-refractivity contribution is 8.00. The summed E-state index contributed by atoms with van der Waals surface area (Å²) in [5.74, 6) is 0.180. The van der Waals surface area contributed by atoms with Crippen LogP contribution in [-0.4, -0.2) is 27.5 Å². The number of carbonyl (C=O) groups is 2. The largest absolute Gasteiger partial charge is 0.332 e. The predicted octanol–water partition coefficient (Wildman–Crippen LogP) is 6.35. The van der Waals surface area contributed by atoms with Crippen LogP contribution in [0.4, 0.5) is 16.5 Å². The molecule has 3 aromatic carbocycles. The van der Waals surface area contributed by atoms with Gasteiger partial charge in [-0.25, -0.2) is 4.98 Å². The zero-order valence-electron chi connectivity index (χ0n) is 18.5. The summed E-state index contributed by atoms with van der Waals surface area (Å²) in [7, 11) is 0. The summed E-state index contributed by atoms with van der Waals surface area (Å²) in [6.07, 6.45) is 0. The maximum Gasteiger partial charge on any atom is 0.236 e. The highest BCUT2D eigenvalue weighted by Crippen LogP contribution is 2.27. The third-order valence-corrected chi connectivity index (χ3v) is 6.93. The van der Waals surface area contributed by atoms with Crippen LogP contribution in [-0.2, 0) is 4.79 Å². The van der Waals surface area contributed by atoms with Gasteiger partial charge in [0.2, 0.25) is 5.91 Å². The normalized spacial score (nSPS) is 10.6. The van der Waals surface area contributed by atoms with Crippen molar-refractivity contribution in [3.8, 4) is 0 Å². The quantitative estimate of drug-likeness (QED) is 0.153. The number of rotatable bonds is 7. The third kappa shape index (κ3) is 6.40. The highest BCUT2D eigenvalue weighted by Gasteiger charge is 2.09. The number of anilines is 3. The molecular formula is C25H22N4O2S3. The molecule has 0 saturated carbocycles. The number of nitrogens with one attached hydrogen (secondary N) is 3. The Balaban J connectivity index is 1.29. The maximum atomic E-state index is 12.4. The number of aryl methyl sites for hydroxylation is 1. The standard InChI is InChI=1S/C25H22N4O2S3/c1-15-6-11-21-22(12-15)34-25(28-21)29-23(31)14-33-20-5-3-4-19(13-20)27-24(32)26-18-9-7-17(8-10-18)16(2)30/h3-13H,14H2,1-2H3,(H2,26,27,32)(H,28,29,31). The topological polar surface area (TPSA) is 83.1 Å². The molecule has 0 bridgehead atoms. The number of thioether (sulfide) groups is 1. The summed E-state index contributed by atoms with van der Waals surface area (Å²) >= 11 is 8.30. The van der Waals surface area contributed by atoms with Crippen LogP contribution in [0, 0.1) is 6.92 Å². The van der Waals surface area contributed by atoms with E-state index in [1.165, 1.54) is 35.6 Å². The van der Waals surface area contributed by atoms with Gasteiger partial charge in [0.1, 0.15) is 0 Å². The molecule has 1 aromatic heterocycles. The molecule has 6 nitrogen and oxygen atoms in total. The van der Waals surface area contributed by atoms with E-state index in [1.807, 2.05) is 55.5 Å². The molecule has 0 unspecified atom stereocenters. The van der Waals surface area contributed by atoms with E-state index in [1.54, 1.807) is 12.1 Å². The average molecular weight is 507 g/mol. The van der Waals surface area contributed by atoms with Crippen LogP contribution >= 0.6 is 35.3 Å². The zero-order valence-corrected chi connectivity index (χ0v) is 21.0. The van der Waals surface area contributed by atoms with Gasteiger partial charge in [0.15, 0.2) is 16.0 Å². The summed E-state index contributed by atoms with van der Waals surface area (Å²) in [5.41, 5.74) is 4.30. The second-order valence-electron chi connectivity index (χ2n) is 7.57. The molecule has 0 aliphatic heterocycles. The SMILES string of the molecule is CC(=O)c1ccc(NC(=S)Nc2cccc(SCC(=O)Nc3nc4ccc(C)cc4s3)c2)cc1. The lowest BCUT2D eigenvalue weighted by Crippen LogP contribution is -2.19. The zero-order chi connectivity index (χ0) is 24.1. The van der Waals surface area contributed by atoms with Gasteiger partial charge in [-0.1, -0.05) is 23.5 Å². The average Bonchev–Trinajstić information content (AvgIpc) is 3.19. The number of Topliss-reactive ketones (excluding diaryl/α,β-unsaturated/α-hetero) is 1. The minimum atomic E-state index is -0.106. The number of hydrogen-bond donors (Lipinski definition) is 3. The number of nitrogens with zero attached hydrogens (tertiary/aromatic N) is 1. The molecule has 0 aliphatic carbocycles. The van der Waals surface area contributed by atoms with Gasteiger partial charge in [0, 0.05) is 21.8 Å². The lowest BCUT2D eigenvalue weighted by molar-refractivity contribution is -0.113. The number of thiazole rings is 1. The van der Waals surface area contributed by atoms with Crippen molar-refractivity contribution >= 4 is 78.8 Å². The fraction of sp³-hybridized carbons (Fsp3) is 0.120. The van der Waals surface area contributed by atoms with Crippen molar-refractivity contribution in [2.24, 2.45) is 0 Å². The smallest absolute Gasteiger partial charge is 0.236 e. The van der Waals surface area contributed by atoms with E-state index in [0.29, 0.717) is 15.8 Å². The van der Waals surface area contributed by atoms with Gasteiger partial charge >= 0.3 is 0 Å². The molecule has 0 radical (unpaired) electrons. The second-order valence-corrected chi connectivity index (χ2v) is 10.1. The maximum absolute atomic E-state index is 12.4. The Hall–Kier alpha value is -3.27. The molecular weight excluding hydrogens is 485 g/mol. The fourth-order valence-electron chi connectivity index (χ4n) is 3.13. The van der Waals surface area contributed by atoms with Gasteiger partial charge in [-0.05, 0) is 86.2 Å². The molecule has 1 heterocycles. The summed E-state index contributed by atoms with van der Waals surface area (Å²) in [5, 5.41) is 10.2. The number of benzene rings is 3. The predicted molar refractivity (Wildman–Crippen MR) is 146 cm³/mol. The molecule has 0 saturated heterocycles. The van der Waals surface area contributed by atoms with Gasteiger partial charge in [-0.15, -0.1) is 11.8 Å². The Kier molecular flexibility index (Phi) is 7.56. The van der Waals surface area contributed by atoms with Crippen LogP contribution in [0.25, 0.3) is 10.2 Å². The van der Waals surface area contributed by atoms with Crippen molar-refractivity contribution < 1.29 is 9.59 Å². The number of amides is 1. The minimum Gasteiger partial charge on any atom is -0.332 e. The summed E-state index contributed by atoms with van der Waals surface area (Å²) in [6, 6.07) is 20.9. The van der Waals surface area contributed by atoms with Crippen molar-refractivity contribution in [3.63, 3.8) is 0 Å². The van der Waals surface area contributed by atoms with Crippen molar-refractivity contribution in [1.29, 1.82) is 0 Å². The van der Waals surface area contributed by atoms with Gasteiger partial charge < -0.3 is 16.0 Å². The Morgan fingerprint density at radius 3 is 2.50 bits per heavy atom. The van der Waals surface area contributed by atoms with Crippen LogP contribution in [0.15, 0.2) is 71.6 Å². The van der Waals surface area contributed by atoms with Crippen LogP contribution in [0.5, 0.6) is 0 Å². The molecule has 9 heteroatoms. The lowest BCUT2D eigenvalue weighted by Gasteiger charge is -2.12.